The standard InChI is InChI=1S/C13H14ClN3O2/c1-17(8-11-6-7-15-16-11)12(13(18)19)9-2-4-10(14)5-3-9/h2-7,12H,8H2,1H3,(H,15,16)(H,18,19)/t12-/m1/s1. The van der Waals surface area contributed by atoms with Crippen LogP contribution in [0.1, 0.15) is 17.3 Å². The van der Waals surface area contributed by atoms with E-state index < -0.39 is 12.0 Å². The fraction of sp³-hybridized carbons (Fsp3) is 0.231. The number of carboxylic acid groups (broad SMARTS) is 1. The molecule has 0 amide bonds. The van der Waals surface area contributed by atoms with Gasteiger partial charge in [-0.2, -0.15) is 5.10 Å². The summed E-state index contributed by atoms with van der Waals surface area (Å²) in [5, 5.41) is 16.6. The molecule has 0 aliphatic carbocycles. The van der Waals surface area contributed by atoms with Crippen LogP contribution in [0, 0.1) is 0 Å². The first-order valence-electron chi connectivity index (χ1n) is 5.74. The van der Waals surface area contributed by atoms with E-state index in [9.17, 15) is 9.90 Å². The number of aromatic nitrogens is 2. The van der Waals surface area contributed by atoms with Crippen LogP contribution in [0.3, 0.4) is 0 Å². The number of halogens is 1. The molecule has 0 saturated carbocycles. The molecule has 1 aromatic heterocycles. The van der Waals surface area contributed by atoms with Gasteiger partial charge in [-0.3, -0.25) is 14.8 Å². The van der Waals surface area contributed by atoms with Gasteiger partial charge in [0.05, 0.1) is 0 Å². The monoisotopic (exact) mass is 279 g/mol. The normalized spacial score (nSPS) is 12.6. The highest BCUT2D eigenvalue weighted by molar-refractivity contribution is 6.30. The van der Waals surface area contributed by atoms with Gasteiger partial charge in [0.1, 0.15) is 6.04 Å². The van der Waals surface area contributed by atoms with Crippen LogP contribution in [0.5, 0.6) is 0 Å². The summed E-state index contributed by atoms with van der Waals surface area (Å²) in [4.78, 5) is 13.2. The minimum Gasteiger partial charge on any atom is -0.480 e. The number of likely N-dealkylation sites (N-methyl/N-ethyl adjacent to an activating group) is 1. The first-order chi connectivity index (χ1) is 9.08. The summed E-state index contributed by atoms with van der Waals surface area (Å²) >= 11 is 5.82. The smallest absolute Gasteiger partial charge is 0.325 e. The van der Waals surface area contributed by atoms with Gasteiger partial charge < -0.3 is 5.11 Å². The van der Waals surface area contributed by atoms with Gasteiger partial charge in [-0.05, 0) is 30.8 Å². The highest BCUT2D eigenvalue weighted by atomic mass is 35.5. The van der Waals surface area contributed by atoms with Gasteiger partial charge in [-0.25, -0.2) is 0 Å². The fourth-order valence-corrected chi connectivity index (χ4v) is 2.09. The molecule has 1 heterocycles. The Hall–Kier alpha value is -1.85. The molecule has 0 aliphatic heterocycles. The Kier molecular flexibility index (Phi) is 4.19. The average Bonchev–Trinajstić information content (AvgIpc) is 2.84. The van der Waals surface area contributed by atoms with Crippen molar-refractivity contribution in [3.05, 3.63) is 52.8 Å². The number of H-pyrrole nitrogens is 1. The maximum atomic E-state index is 11.5. The molecule has 0 spiro atoms. The van der Waals surface area contributed by atoms with Crippen molar-refractivity contribution < 1.29 is 9.90 Å². The lowest BCUT2D eigenvalue weighted by molar-refractivity contribution is -0.143. The van der Waals surface area contributed by atoms with E-state index in [-0.39, 0.29) is 0 Å². The van der Waals surface area contributed by atoms with E-state index in [1.165, 1.54) is 0 Å². The third-order valence-corrected chi connectivity index (χ3v) is 3.09. The largest absolute Gasteiger partial charge is 0.480 e. The maximum Gasteiger partial charge on any atom is 0.325 e. The molecule has 0 unspecified atom stereocenters. The maximum absolute atomic E-state index is 11.5. The minimum atomic E-state index is -0.899. The van der Waals surface area contributed by atoms with Crippen LogP contribution in [0.25, 0.3) is 0 Å². The van der Waals surface area contributed by atoms with Gasteiger partial charge in [0.2, 0.25) is 0 Å². The SMILES string of the molecule is CN(Cc1ccn[nH]1)[C@@H](C(=O)O)c1ccc(Cl)cc1. The summed E-state index contributed by atoms with van der Waals surface area (Å²) in [6.45, 7) is 0.472. The summed E-state index contributed by atoms with van der Waals surface area (Å²) in [5.74, 6) is -0.899. The number of benzene rings is 1. The highest BCUT2D eigenvalue weighted by Gasteiger charge is 2.24. The van der Waals surface area contributed by atoms with Crippen LogP contribution in [0.4, 0.5) is 0 Å². The van der Waals surface area contributed by atoms with Crippen molar-refractivity contribution >= 4 is 17.6 Å². The number of nitrogens with one attached hydrogen (secondary N) is 1. The lowest BCUT2D eigenvalue weighted by atomic mass is 10.1. The van der Waals surface area contributed by atoms with Crippen molar-refractivity contribution in [1.29, 1.82) is 0 Å². The van der Waals surface area contributed by atoms with E-state index >= 15 is 0 Å². The summed E-state index contributed by atoms with van der Waals surface area (Å²) in [6, 6.07) is 7.93. The third kappa shape index (κ3) is 3.33. The number of rotatable bonds is 5. The number of aromatic amines is 1. The van der Waals surface area contributed by atoms with Crippen LogP contribution in [-0.4, -0.2) is 33.2 Å². The molecule has 2 N–H and O–H groups in total. The van der Waals surface area contributed by atoms with E-state index in [1.54, 1.807) is 42.4 Å². The van der Waals surface area contributed by atoms with Crippen molar-refractivity contribution in [2.45, 2.75) is 12.6 Å². The molecule has 2 rings (SSSR count). The van der Waals surface area contributed by atoms with E-state index in [4.69, 9.17) is 11.6 Å². The molecule has 0 radical (unpaired) electrons. The Labute approximate surface area is 115 Å². The second kappa shape index (κ2) is 5.86. The topological polar surface area (TPSA) is 69.2 Å². The van der Waals surface area contributed by atoms with Crippen molar-refractivity contribution in [3.8, 4) is 0 Å². The van der Waals surface area contributed by atoms with Crippen LogP contribution < -0.4 is 0 Å². The third-order valence-electron chi connectivity index (χ3n) is 2.84. The molecule has 0 bridgehead atoms. The Morgan fingerprint density at radius 1 is 1.42 bits per heavy atom. The lowest BCUT2D eigenvalue weighted by Crippen LogP contribution is -2.30. The quantitative estimate of drug-likeness (QED) is 0.881. The van der Waals surface area contributed by atoms with E-state index in [2.05, 4.69) is 10.2 Å². The van der Waals surface area contributed by atoms with Gasteiger partial charge in [0.15, 0.2) is 0 Å². The highest BCUT2D eigenvalue weighted by Crippen LogP contribution is 2.22. The molecule has 100 valence electrons. The predicted molar refractivity (Wildman–Crippen MR) is 71.9 cm³/mol. The number of carboxylic acids is 1. The average molecular weight is 280 g/mol. The Bertz CT molecular complexity index is 540. The lowest BCUT2D eigenvalue weighted by Gasteiger charge is -2.24. The number of hydrogen-bond donors (Lipinski definition) is 2. The van der Waals surface area contributed by atoms with Crippen molar-refractivity contribution in [3.63, 3.8) is 0 Å². The Balaban J connectivity index is 2.20. The van der Waals surface area contributed by atoms with Gasteiger partial charge in [-0.15, -0.1) is 0 Å². The molecular weight excluding hydrogens is 266 g/mol. The van der Waals surface area contributed by atoms with Gasteiger partial charge >= 0.3 is 5.97 Å². The van der Waals surface area contributed by atoms with Crippen LogP contribution in [0.15, 0.2) is 36.5 Å². The van der Waals surface area contributed by atoms with Crippen LogP contribution in [0.2, 0.25) is 5.02 Å². The summed E-state index contributed by atoms with van der Waals surface area (Å²) in [5.41, 5.74) is 1.56. The zero-order valence-electron chi connectivity index (χ0n) is 10.4. The van der Waals surface area contributed by atoms with Gasteiger partial charge in [0, 0.05) is 23.5 Å². The van der Waals surface area contributed by atoms with Crippen molar-refractivity contribution in [2.75, 3.05) is 7.05 Å². The second-order valence-corrected chi connectivity index (χ2v) is 4.73. The number of nitrogens with zero attached hydrogens (tertiary/aromatic N) is 2. The van der Waals surface area contributed by atoms with E-state index in [0.717, 1.165) is 5.69 Å². The van der Waals surface area contributed by atoms with Crippen molar-refractivity contribution in [2.24, 2.45) is 0 Å². The summed E-state index contributed by atoms with van der Waals surface area (Å²) in [6.07, 6.45) is 1.64. The molecule has 1 aromatic carbocycles. The first kappa shape index (κ1) is 13.6. The van der Waals surface area contributed by atoms with Gasteiger partial charge in [-0.1, -0.05) is 23.7 Å². The second-order valence-electron chi connectivity index (χ2n) is 4.29. The number of carbonyl (C=O) groups is 1. The van der Waals surface area contributed by atoms with E-state index in [1.807, 2.05) is 6.07 Å². The van der Waals surface area contributed by atoms with Crippen LogP contribution >= 0.6 is 11.6 Å². The number of aliphatic carboxylic acids is 1. The molecule has 1 atom stereocenters. The first-order valence-corrected chi connectivity index (χ1v) is 6.12. The molecule has 0 aliphatic rings. The van der Waals surface area contributed by atoms with Crippen molar-refractivity contribution in [1.82, 2.24) is 15.1 Å². The van der Waals surface area contributed by atoms with E-state index in [0.29, 0.717) is 17.1 Å². The van der Waals surface area contributed by atoms with Crippen LogP contribution in [-0.2, 0) is 11.3 Å². The summed E-state index contributed by atoms with van der Waals surface area (Å²) in [7, 11) is 1.76. The molecule has 6 heteroatoms. The fourth-order valence-electron chi connectivity index (χ4n) is 1.96. The minimum absolute atomic E-state index is 0.472. The molecular formula is C13H14ClN3O2. The number of hydrogen-bond acceptors (Lipinski definition) is 3. The van der Waals surface area contributed by atoms with Gasteiger partial charge in [0.25, 0.3) is 0 Å². The molecule has 5 nitrogen and oxygen atoms in total. The molecule has 0 saturated heterocycles. The molecule has 0 fully saturated rings. The Morgan fingerprint density at radius 3 is 2.63 bits per heavy atom. The molecule has 2 aromatic rings. The zero-order chi connectivity index (χ0) is 13.8. The molecule has 19 heavy (non-hydrogen) atoms. The predicted octanol–water partition coefficient (Wildman–Crippen LogP) is 2.32. The summed E-state index contributed by atoms with van der Waals surface area (Å²) < 4.78 is 0. The Morgan fingerprint density at radius 2 is 2.11 bits per heavy atom. The zero-order valence-corrected chi connectivity index (χ0v) is 11.1.